The zero-order valence-corrected chi connectivity index (χ0v) is 14.3. The number of carbonyl (C=O) groups excluding carboxylic acids is 1. The van der Waals surface area contributed by atoms with Crippen molar-refractivity contribution >= 4 is 11.6 Å². The van der Waals surface area contributed by atoms with Crippen LogP contribution in [0.15, 0.2) is 24.3 Å². The Balaban J connectivity index is 1.53. The molecule has 0 aliphatic carbocycles. The molecular weight excluding hydrogens is 290 g/mol. The highest BCUT2D eigenvalue weighted by molar-refractivity contribution is 5.80. The normalized spacial score (nSPS) is 20.6. The third-order valence-electron chi connectivity index (χ3n) is 5.24. The molecule has 1 amide bonds. The molecule has 0 bridgehead atoms. The van der Waals surface area contributed by atoms with Crippen molar-refractivity contribution in [2.75, 3.05) is 51.3 Å². The number of ether oxygens (including phenoxy) is 1. The molecule has 1 N–H and O–H groups in total. The predicted octanol–water partition coefficient (Wildman–Crippen LogP) is 0.411. The zero-order chi connectivity index (χ0) is 16.2. The average Bonchev–Trinajstić information content (AvgIpc) is 3.15. The molecule has 2 aliphatic rings. The topological polar surface area (TPSA) is 37.2 Å². The molecule has 0 unspecified atom stereocenters. The maximum absolute atomic E-state index is 12.5. The minimum absolute atomic E-state index is 0.0890. The van der Waals surface area contributed by atoms with E-state index in [1.54, 1.807) is 7.11 Å². The molecule has 2 aliphatic heterocycles. The summed E-state index contributed by atoms with van der Waals surface area (Å²) in [6.07, 6.45) is 2.33. The summed E-state index contributed by atoms with van der Waals surface area (Å²) in [6, 6.07) is 8.33. The second-order valence-electron chi connectivity index (χ2n) is 6.60. The first-order chi connectivity index (χ1) is 11.2. The van der Waals surface area contributed by atoms with Crippen LogP contribution in [0.4, 0.5) is 5.69 Å². The van der Waals surface area contributed by atoms with Gasteiger partial charge < -0.3 is 19.4 Å². The molecule has 0 aromatic heterocycles. The number of amides is 1. The number of hydrogen-bond donors (Lipinski definition) is 1. The maximum Gasteiger partial charge on any atom is 0.280 e. The molecule has 1 aromatic rings. The van der Waals surface area contributed by atoms with Crippen LogP contribution in [-0.2, 0) is 4.79 Å². The molecule has 0 radical (unpaired) electrons. The van der Waals surface area contributed by atoms with Crippen molar-refractivity contribution in [3.05, 3.63) is 24.3 Å². The maximum atomic E-state index is 12.5. The fraction of sp³-hybridized carbons (Fsp3) is 0.611. The van der Waals surface area contributed by atoms with Crippen LogP contribution in [0.5, 0.6) is 5.75 Å². The minimum Gasteiger partial charge on any atom is -0.497 e. The third-order valence-corrected chi connectivity index (χ3v) is 5.24. The van der Waals surface area contributed by atoms with Gasteiger partial charge in [-0.1, -0.05) is 0 Å². The van der Waals surface area contributed by atoms with Crippen LogP contribution >= 0.6 is 0 Å². The number of carbonyl (C=O) groups is 1. The lowest BCUT2D eigenvalue weighted by Crippen LogP contribution is -3.19. The Morgan fingerprint density at radius 2 is 1.70 bits per heavy atom. The Labute approximate surface area is 138 Å². The van der Waals surface area contributed by atoms with Crippen LogP contribution < -0.4 is 14.5 Å². The minimum atomic E-state index is 0.0890. The largest absolute Gasteiger partial charge is 0.497 e. The number of rotatable bonds is 4. The zero-order valence-electron chi connectivity index (χ0n) is 14.3. The van der Waals surface area contributed by atoms with E-state index in [4.69, 9.17) is 4.74 Å². The molecule has 2 heterocycles. The quantitative estimate of drug-likeness (QED) is 0.874. The van der Waals surface area contributed by atoms with Gasteiger partial charge in [-0.3, -0.25) is 4.79 Å². The van der Waals surface area contributed by atoms with Crippen molar-refractivity contribution in [1.82, 2.24) is 4.90 Å². The van der Waals surface area contributed by atoms with E-state index >= 15 is 0 Å². The molecule has 0 saturated carbocycles. The van der Waals surface area contributed by atoms with Gasteiger partial charge in [-0.2, -0.15) is 0 Å². The number of likely N-dealkylation sites (tertiary alicyclic amines) is 1. The Kier molecular flexibility index (Phi) is 5.06. The van der Waals surface area contributed by atoms with Gasteiger partial charge in [-0.05, 0) is 44.0 Å². The van der Waals surface area contributed by atoms with Crippen LogP contribution in [-0.4, -0.2) is 63.2 Å². The summed E-state index contributed by atoms with van der Waals surface area (Å²) in [5, 5.41) is 0. The van der Waals surface area contributed by atoms with Crippen molar-refractivity contribution < 1.29 is 14.4 Å². The van der Waals surface area contributed by atoms with E-state index in [0.717, 1.165) is 45.0 Å². The van der Waals surface area contributed by atoms with Crippen LogP contribution in [0.1, 0.15) is 19.8 Å². The number of nitrogens with zero attached hydrogens (tertiary/aromatic N) is 2. The summed E-state index contributed by atoms with van der Waals surface area (Å²) < 4.78 is 5.22. The number of anilines is 1. The first-order valence-electron chi connectivity index (χ1n) is 8.71. The highest BCUT2D eigenvalue weighted by atomic mass is 16.5. The Hall–Kier alpha value is -1.75. The molecule has 126 valence electrons. The smallest absolute Gasteiger partial charge is 0.280 e. The van der Waals surface area contributed by atoms with Gasteiger partial charge in [0, 0.05) is 18.8 Å². The van der Waals surface area contributed by atoms with Gasteiger partial charge in [0.05, 0.1) is 33.3 Å². The molecule has 2 saturated heterocycles. The van der Waals surface area contributed by atoms with Gasteiger partial charge in [0.25, 0.3) is 5.91 Å². The lowest BCUT2D eigenvalue weighted by atomic mass is 10.2. The lowest BCUT2D eigenvalue weighted by Gasteiger charge is -2.37. The standard InChI is InChI=1S/C18H27N3O2/c1-15(18(22)21-9-3-4-10-21)19-11-13-20(14-12-19)16-5-7-17(23-2)8-6-16/h5-8,15H,3-4,9-14H2,1-2H3/p+1/t15-/m1/s1. The Morgan fingerprint density at radius 1 is 1.09 bits per heavy atom. The third kappa shape index (κ3) is 3.61. The summed E-state index contributed by atoms with van der Waals surface area (Å²) in [5.41, 5.74) is 1.24. The number of methoxy groups -OCH3 is 1. The number of hydrogen-bond acceptors (Lipinski definition) is 3. The van der Waals surface area contributed by atoms with Crippen LogP contribution in [0.25, 0.3) is 0 Å². The SMILES string of the molecule is COc1ccc(N2CC[NH+]([C@H](C)C(=O)N3CCCC3)CC2)cc1. The summed E-state index contributed by atoms with van der Waals surface area (Å²) in [6.45, 7) is 8.04. The van der Waals surface area contributed by atoms with E-state index in [0.29, 0.717) is 5.91 Å². The second kappa shape index (κ2) is 7.21. The Bertz CT molecular complexity index is 518. The Morgan fingerprint density at radius 3 is 2.26 bits per heavy atom. The van der Waals surface area contributed by atoms with E-state index in [-0.39, 0.29) is 6.04 Å². The molecule has 0 spiro atoms. The van der Waals surface area contributed by atoms with E-state index in [1.807, 2.05) is 17.0 Å². The van der Waals surface area contributed by atoms with E-state index in [1.165, 1.54) is 23.4 Å². The number of nitrogens with one attached hydrogen (secondary N) is 1. The molecule has 5 heteroatoms. The van der Waals surface area contributed by atoms with Crippen LogP contribution in [0, 0.1) is 0 Å². The van der Waals surface area contributed by atoms with E-state index in [2.05, 4.69) is 24.0 Å². The van der Waals surface area contributed by atoms with Crippen LogP contribution in [0.2, 0.25) is 0 Å². The monoisotopic (exact) mass is 318 g/mol. The lowest BCUT2D eigenvalue weighted by molar-refractivity contribution is -0.915. The van der Waals surface area contributed by atoms with Crippen molar-refractivity contribution in [3.8, 4) is 5.75 Å². The molecule has 3 rings (SSSR count). The first kappa shape index (κ1) is 16.1. The number of piperazine rings is 1. The fourth-order valence-electron chi connectivity index (χ4n) is 3.66. The average molecular weight is 318 g/mol. The summed E-state index contributed by atoms with van der Waals surface area (Å²) >= 11 is 0. The molecule has 1 aromatic carbocycles. The fourth-order valence-corrected chi connectivity index (χ4v) is 3.66. The van der Waals surface area contributed by atoms with Gasteiger partial charge in [-0.25, -0.2) is 0 Å². The summed E-state index contributed by atoms with van der Waals surface area (Å²) in [7, 11) is 1.69. The van der Waals surface area contributed by atoms with Gasteiger partial charge in [0.1, 0.15) is 5.75 Å². The van der Waals surface area contributed by atoms with E-state index in [9.17, 15) is 4.79 Å². The van der Waals surface area contributed by atoms with Gasteiger partial charge in [-0.15, -0.1) is 0 Å². The van der Waals surface area contributed by atoms with Gasteiger partial charge >= 0.3 is 0 Å². The molecule has 23 heavy (non-hydrogen) atoms. The highest BCUT2D eigenvalue weighted by Crippen LogP contribution is 2.19. The van der Waals surface area contributed by atoms with Crippen molar-refractivity contribution in [3.63, 3.8) is 0 Å². The molecular formula is C18H28N3O2+. The second-order valence-corrected chi connectivity index (χ2v) is 6.60. The molecule has 5 nitrogen and oxygen atoms in total. The number of benzene rings is 1. The molecule has 1 atom stereocenters. The predicted molar refractivity (Wildman–Crippen MR) is 91.2 cm³/mol. The van der Waals surface area contributed by atoms with E-state index < -0.39 is 0 Å². The summed E-state index contributed by atoms with van der Waals surface area (Å²) in [4.78, 5) is 18.4. The summed E-state index contributed by atoms with van der Waals surface area (Å²) in [5.74, 6) is 1.23. The van der Waals surface area contributed by atoms with Crippen molar-refractivity contribution in [1.29, 1.82) is 0 Å². The van der Waals surface area contributed by atoms with Gasteiger partial charge in [0.15, 0.2) is 6.04 Å². The van der Waals surface area contributed by atoms with Crippen LogP contribution in [0.3, 0.4) is 0 Å². The number of quaternary nitrogens is 1. The van der Waals surface area contributed by atoms with Crippen molar-refractivity contribution in [2.24, 2.45) is 0 Å². The van der Waals surface area contributed by atoms with Gasteiger partial charge in [0.2, 0.25) is 0 Å². The first-order valence-corrected chi connectivity index (χ1v) is 8.71. The molecule has 2 fully saturated rings. The highest BCUT2D eigenvalue weighted by Gasteiger charge is 2.32. The van der Waals surface area contributed by atoms with Crippen molar-refractivity contribution in [2.45, 2.75) is 25.8 Å².